The van der Waals surface area contributed by atoms with Gasteiger partial charge in [0.25, 0.3) is 0 Å². The number of pyridine rings is 1. The largest absolute Gasteiger partial charge is 0.493 e. The molecule has 0 aliphatic heterocycles. The molecular formula is C15H17NO4. The molecule has 0 radical (unpaired) electrons. The average Bonchev–Trinajstić information content (AvgIpc) is 2.53. The van der Waals surface area contributed by atoms with Gasteiger partial charge in [0.1, 0.15) is 6.10 Å². The van der Waals surface area contributed by atoms with Crippen molar-refractivity contribution < 1.29 is 19.3 Å². The van der Waals surface area contributed by atoms with Gasteiger partial charge in [-0.15, -0.1) is 0 Å². The van der Waals surface area contributed by atoms with Crippen LogP contribution in [0, 0.1) is 0 Å². The van der Waals surface area contributed by atoms with Crippen LogP contribution in [0.25, 0.3) is 0 Å². The molecule has 0 saturated heterocycles. The van der Waals surface area contributed by atoms with Crippen molar-refractivity contribution in [3.63, 3.8) is 0 Å². The van der Waals surface area contributed by atoms with E-state index < -0.39 is 6.10 Å². The molecule has 1 aromatic heterocycles. The molecule has 0 aliphatic rings. The van der Waals surface area contributed by atoms with Gasteiger partial charge in [0.05, 0.1) is 21.3 Å². The van der Waals surface area contributed by atoms with E-state index in [1.165, 1.54) is 7.11 Å². The van der Waals surface area contributed by atoms with Crippen molar-refractivity contribution in [2.45, 2.75) is 6.10 Å². The number of hydrogen-bond donors (Lipinski definition) is 1. The minimum absolute atomic E-state index is 0.398. The van der Waals surface area contributed by atoms with Crippen LogP contribution in [0.2, 0.25) is 0 Å². The van der Waals surface area contributed by atoms with Crippen LogP contribution in [0.3, 0.4) is 0 Å². The molecule has 2 rings (SSSR count). The Hall–Kier alpha value is -2.27. The molecule has 5 nitrogen and oxygen atoms in total. The average molecular weight is 275 g/mol. The second kappa shape index (κ2) is 6.25. The van der Waals surface area contributed by atoms with E-state index in [1.54, 1.807) is 50.7 Å². The summed E-state index contributed by atoms with van der Waals surface area (Å²) >= 11 is 0. The minimum atomic E-state index is -0.849. The predicted octanol–water partition coefficient (Wildman–Crippen LogP) is 2.19. The Morgan fingerprint density at radius 3 is 2.40 bits per heavy atom. The fourth-order valence-corrected chi connectivity index (χ4v) is 1.98. The molecule has 1 unspecified atom stereocenters. The van der Waals surface area contributed by atoms with Crippen molar-refractivity contribution >= 4 is 0 Å². The number of aliphatic hydroxyl groups excluding tert-OH is 1. The molecule has 5 heteroatoms. The first-order valence-electron chi connectivity index (χ1n) is 6.10. The van der Waals surface area contributed by atoms with Crippen molar-refractivity contribution in [1.82, 2.24) is 4.98 Å². The zero-order valence-electron chi connectivity index (χ0n) is 11.7. The molecule has 1 aromatic carbocycles. The van der Waals surface area contributed by atoms with E-state index in [-0.39, 0.29) is 0 Å². The molecule has 0 fully saturated rings. The van der Waals surface area contributed by atoms with E-state index in [1.807, 2.05) is 0 Å². The molecule has 1 N–H and O–H groups in total. The van der Waals surface area contributed by atoms with Crippen LogP contribution in [0.4, 0.5) is 0 Å². The van der Waals surface area contributed by atoms with Crippen LogP contribution in [-0.4, -0.2) is 31.4 Å². The summed E-state index contributed by atoms with van der Waals surface area (Å²) in [4.78, 5) is 4.08. The van der Waals surface area contributed by atoms with Gasteiger partial charge >= 0.3 is 0 Å². The van der Waals surface area contributed by atoms with Gasteiger partial charge in [-0.2, -0.15) is 0 Å². The molecule has 1 heterocycles. The maximum atomic E-state index is 10.5. The maximum Gasteiger partial charge on any atom is 0.219 e. The molecule has 0 amide bonds. The van der Waals surface area contributed by atoms with Crippen molar-refractivity contribution in [3.8, 4) is 17.4 Å². The number of aromatic nitrogens is 1. The first-order chi connectivity index (χ1) is 9.71. The lowest BCUT2D eigenvalue weighted by Crippen LogP contribution is -2.04. The molecule has 0 saturated carbocycles. The zero-order chi connectivity index (χ0) is 14.5. The first-order valence-corrected chi connectivity index (χ1v) is 6.10. The number of benzene rings is 1. The molecule has 106 valence electrons. The number of aliphatic hydroxyl groups is 1. The molecule has 20 heavy (non-hydrogen) atoms. The standard InChI is InChI=1S/C15H17NO4/c1-18-12-7-6-10(9-13(12)19-2)14(17)11-5-4-8-16-15(11)20-3/h4-9,14,17H,1-3H3. The highest BCUT2D eigenvalue weighted by molar-refractivity contribution is 5.46. The number of nitrogens with zero attached hydrogens (tertiary/aromatic N) is 1. The fraction of sp³-hybridized carbons (Fsp3) is 0.267. The Morgan fingerprint density at radius 2 is 1.75 bits per heavy atom. The second-order valence-electron chi connectivity index (χ2n) is 4.12. The third kappa shape index (κ3) is 2.67. The topological polar surface area (TPSA) is 60.8 Å². The van der Waals surface area contributed by atoms with Gasteiger partial charge in [-0.25, -0.2) is 4.98 Å². The molecule has 0 bridgehead atoms. The predicted molar refractivity (Wildman–Crippen MR) is 74.4 cm³/mol. The third-order valence-electron chi connectivity index (χ3n) is 3.01. The van der Waals surface area contributed by atoms with E-state index in [2.05, 4.69) is 4.98 Å². The van der Waals surface area contributed by atoms with Crippen LogP contribution in [0.15, 0.2) is 36.5 Å². The molecule has 0 aliphatic carbocycles. The Balaban J connectivity index is 2.40. The van der Waals surface area contributed by atoms with Gasteiger partial charge in [-0.05, 0) is 29.8 Å². The quantitative estimate of drug-likeness (QED) is 0.906. The summed E-state index contributed by atoms with van der Waals surface area (Å²) in [5, 5.41) is 10.5. The summed E-state index contributed by atoms with van der Waals surface area (Å²) in [6.07, 6.45) is 0.766. The Bertz CT molecular complexity index is 586. The van der Waals surface area contributed by atoms with Crippen molar-refractivity contribution in [2.24, 2.45) is 0 Å². The number of hydrogen-bond acceptors (Lipinski definition) is 5. The highest BCUT2D eigenvalue weighted by Crippen LogP contribution is 2.34. The third-order valence-corrected chi connectivity index (χ3v) is 3.01. The number of ether oxygens (including phenoxy) is 3. The Labute approximate surface area is 117 Å². The maximum absolute atomic E-state index is 10.5. The highest BCUT2D eigenvalue weighted by atomic mass is 16.5. The molecular weight excluding hydrogens is 258 g/mol. The SMILES string of the molecule is COc1ccc(C(O)c2cccnc2OC)cc1OC. The number of rotatable bonds is 5. The normalized spacial score (nSPS) is 11.8. The second-order valence-corrected chi connectivity index (χ2v) is 4.12. The van der Waals surface area contributed by atoms with Crippen LogP contribution < -0.4 is 14.2 Å². The summed E-state index contributed by atoms with van der Waals surface area (Å²) in [5.41, 5.74) is 1.27. The lowest BCUT2D eigenvalue weighted by atomic mass is 10.0. The van der Waals surface area contributed by atoms with E-state index >= 15 is 0 Å². The van der Waals surface area contributed by atoms with E-state index in [4.69, 9.17) is 14.2 Å². The number of methoxy groups -OCH3 is 3. The van der Waals surface area contributed by atoms with Gasteiger partial charge in [0.15, 0.2) is 11.5 Å². The Kier molecular flexibility index (Phi) is 4.42. The summed E-state index contributed by atoms with van der Waals surface area (Å²) in [6.45, 7) is 0. The van der Waals surface area contributed by atoms with Crippen molar-refractivity contribution in [2.75, 3.05) is 21.3 Å². The zero-order valence-corrected chi connectivity index (χ0v) is 11.7. The highest BCUT2D eigenvalue weighted by Gasteiger charge is 2.17. The summed E-state index contributed by atoms with van der Waals surface area (Å²) in [5.74, 6) is 1.57. The van der Waals surface area contributed by atoms with E-state index in [0.29, 0.717) is 28.5 Å². The smallest absolute Gasteiger partial charge is 0.219 e. The summed E-state index contributed by atoms with van der Waals surface area (Å²) in [7, 11) is 4.64. The van der Waals surface area contributed by atoms with Crippen LogP contribution >= 0.6 is 0 Å². The Morgan fingerprint density at radius 1 is 1.00 bits per heavy atom. The summed E-state index contributed by atoms with van der Waals surface area (Å²) in [6, 6.07) is 8.78. The van der Waals surface area contributed by atoms with Crippen molar-refractivity contribution in [3.05, 3.63) is 47.7 Å². The van der Waals surface area contributed by atoms with Gasteiger partial charge in [0.2, 0.25) is 5.88 Å². The molecule has 0 spiro atoms. The van der Waals surface area contributed by atoms with Crippen molar-refractivity contribution in [1.29, 1.82) is 0 Å². The molecule has 1 atom stereocenters. The lowest BCUT2D eigenvalue weighted by molar-refractivity contribution is 0.212. The van der Waals surface area contributed by atoms with Gasteiger partial charge < -0.3 is 19.3 Å². The first kappa shape index (κ1) is 14.1. The molecule has 2 aromatic rings. The summed E-state index contributed by atoms with van der Waals surface area (Å²) < 4.78 is 15.6. The monoisotopic (exact) mass is 275 g/mol. The van der Waals surface area contributed by atoms with Gasteiger partial charge in [0, 0.05) is 11.8 Å². The van der Waals surface area contributed by atoms with Crippen LogP contribution in [-0.2, 0) is 0 Å². The fourth-order valence-electron chi connectivity index (χ4n) is 1.98. The van der Waals surface area contributed by atoms with Crippen LogP contribution in [0.5, 0.6) is 17.4 Å². The van der Waals surface area contributed by atoms with Gasteiger partial charge in [-0.3, -0.25) is 0 Å². The van der Waals surface area contributed by atoms with E-state index in [9.17, 15) is 5.11 Å². The van der Waals surface area contributed by atoms with E-state index in [0.717, 1.165) is 0 Å². The van der Waals surface area contributed by atoms with Crippen LogP contribution in [0.1, 0.15) is 17.2 Å². The minimum Gasteiger partial charge on any atom is -0.493 e. The lowest BCUT2D eigenvalue weighted by Gasteiger charge is -2.16. The van der Waals surface area contributed by atoms with Gasteiger partial charge in [-0.1, -0.05) is 6.07 Å².